The molecule has 0 unspecified atom stereocenters. The van der Waals surface area contributed by atoms with Crippen molar-refractivity contribution in [1.29, 1.82) is 0 Å². The molecule has 4 heterocycles. The summed E-state index contributed by atoms with van der Waals surface area (Å²) < 4.78 is 0. The predicted octanol–water partition coefficient (Wildman–Crippen LogP) is 3.54. The molecule has 9 heteroatoms. The quantitative estimate of drug-likeness (QED) is 0.405. The Morgan fingerprint density at radius 3 is 1.39 bits per heavy atom. The van der Waals surface area contributed by atoms with Gasteiger partial charge in [0.2, 0.25) is 0 Å². The van der Waals surface area contributed by atoms with Gasteiger partial charge < -0.3 is 4.98 Å². The Morgan fingerprint density at radius 1 is 0.452 bits per heavy atom. The third-order valence-electron chi connectivity index (χ3n) is 3.58. The molecule has 0 fully saturated rings. The zero-order chi connectivity index (χ0) is 21.4. The van der Waals surface area contributed by atoms with Gasteiger partial charge in [-0.1, -0.05) is 24.3 Å². The summed E-state index contributed by atoms with van der Waals surface area (Å²) in [4.78, 5) is 33.4. The van der Waals surface area contributed by atoms with Crippen LogP contribution in [0.4, 0.5) is 0 Å². The largest absolute Gasteiger partial charge is 0.345 e. The van der Waals surface area contributed by atoms with Gasteiger partial charge >= 0.3 is 0 Å². The van der Waals surface area contributed by atoms with Gasteiger partial charge in [0.15, 0.2) is 0 Å². The standard InChI is InChI=1S/C8H6N2.C7H6N2.C4H4N2.C3H3N3/c1-2-4-8-7(3-1)9-5-6-10-8;1-2-4-7-6(3-1)8-5-9-7;1-2-6-4-3-5-1;1-4-2-6-3-5-1/h1-6H;1-5H,(H,8,9);1-4H;1-3H. The Kier molecular flexibility index (Phi) is 8.65. The molecule has 9 nitrogen and oxygen atoms in total. The Balaban J connectivity index is 0.000000120. The third kappa shape index (κ3) is 7.70. The van der Waals surface area contributed by atoms with Crippen LogP contribution in [0.15, 0.2) is 111 Å². The van der Waals surface area contributed by atoms with Crippen LogP contribution in [0.1, 0.15) is 0 Å². The molecular weight excluding hydrogens is 390 g/mol. The molecule has 0 bridgehead atoms. The number of H-pyrrole nitrogens is 1. The summed E-state index contributed by atoms with van der Waals surface area (Å²) in [6.45, 7) is 0. The van der Waals surface area contributed by atoms with Crippen LogP contribution in [-0.2, 0) is 0 Å². The summed E-state index contributed by atoms with van der Waals surface area (Å²) in [6.07, 6.45) is 16.0. The first kappa shape index (κ1) is 21.1. The number of para-hydroxylation sites is 4. The molecule has 4 aromatic heterocycles. The van der Waals surface area contributed by atoms with Crippen LogP contribution < -0.4 is 0 Å². The van der Waals surface area contributed by atoms with Crippen LogP contribution in [0.5, 0.6) is 0 Å². The van der Waals surface area contributed by atoms with Crippen LogP contribution in [0.25, 0.3) is 22.1 Å². The Morgan fingerprint density at radius 2 is 0.935 bits per heavy atom. The highest BCUT2D eigenvalue weighted by Crippen LogP contribution is 2.05. The fourth-order valence-electron chi connectivity index (χ4n) is 2.25. The van der Waals surface area contributed by atoms with E-state index < -0.39 is 0 Å². The lowest BCUT2D eigenvalue weighted by Gasteiger charge is -1.90. The van der Waals surface area contributed by atoms with E-state index in [2.05, 4.69) is 44.9 Å². The highest BCUT2D eigenvalue weighted by Gasteiger charge is 1.89. The van der Waals surface area contributed by atoms with Crippen LogP contribution >= 0.6 is 0 Å². The van der Waals surface area contributed by atoms with Gasteiger partial charge in [0.1, 0.15) is 19.0 Å². The van der Waals surface area contributed by atoms with Crippen molar-refractivity contribution in [2.24, 2.45) is 0 Å². The topological polar surface area (TPSA) is 119 Å². The number of benzene rings is 2. The highest BCUT2D eigenvalue weighted by atomic mass is 14.9. The summed E-state index contributed by atoms with van der Waals surface area (Å²) in [7, 11) is 0. The van der Waals surface area contributed by atoms with E-state index in [0.717, 1.165) is 22.1 Å². The van der Waals surface area contributed by atoms with E-state index in [1.54, 1.807) is 43.5 Å². The Labute approximate surface area is 178 Å². The van der Waals surface area contributed by atoms with Gasteiger partial charge in [-0.15, -0.1) is 0 Å². The second kappa shape index (κ2) is 12.7. The van der Waals surface area contributed by atoms with Gasteiger partial charge in [-0.05, 0) is 24.3 Å². The van der Waals surface area contributed by atoms with Gasteiger partial charge in [-0.25, -0.2) is 19.9 Å². The van der Waals surface area contributed by atoms with Crippen molar-refractivity contribution in [1.82, 2.24) is 44.9 Å². The molecule has 6 rings (SSSR count). The van der Waals surface area contributed by atoms with Crippen molar-refractivity contribution in [3.63, 3.8) is 0 Å². The second-order valence-electron chi connectivity index (χ2n) is 5.65. The van der Waals surface area contributed by atoms with Crippen LogP contribution in [0.3, 0.4) is 0 Å². The van der Waals surface area contributed by atoms with E-state index in [-0.39, 0.29) is 0 Å². The van der Waals surface area contributed by atoms with E-state index in [4.69, 9.17) is 0 Å². The van der Waals surface area contributed by atoms with E-state index in [1.807, 2.05) is 48.5 Å². The number of nitrogens with zero attached hydrogens (tertiary/aromatic N) is 8. The maximum Gasteiger partial charge on any atom is 0.119 e. The summed E-state index contributed by atoms with van der Waals surface area (Å²) >= 11 is 0. The van der Waals surface area contributed by atoms with E-state index in [0.29, 0.717) is 0 Å². The van der Waals surface area contributed by atoms with Crippen LogP contribution in [0, 0.1) is 0 Å². The van der Waals surface area contributed by atoms with E-state index >= 15 is 0 Å². The zero-order valence-corrected chi connectivity index (χ0v) is 16.5. The van der Waals surface area contributed by atoms with Crippen molar-refractivity contribution in [3.05, 3.63) is 111 Å². The smallest absolute Gasteiger partial charge is 0.119 e. The average molecular weight is 409 g/mol. The normalized spacial score (nSPS) is 9.29. The summed E-state index contributed by atoms with van der Waals surface area (Å²) in [5, 5.41) is 0. The third-order valence-corrected chi connectivity index (χ3v) is 3.58. The minimum absolute atomic E-state index is 0.949. The maximum atomic E-state index is 4.12. The summed E-state index contributed by atoms with van der Waals surface area (Å²) in [5.41, 5.74) is 4.02. The number of nitrogens with one attached hydrogen (secondary N) is 1. The Hall–Kier alpha value is -4.66. The lowest BCUT2D eigenvalue weighted by molar-refractivity contribution is 1.05. The molecule has 0 aliphatic carbocycles. The number of hydrogen-bond acceptors (Lipinski definition) is 8. The molecule has 0 aliphatic rings. The van der Waals surface area contributed by atoms with Crippen molar-refractivity contribution in [3.8, 4) is 0 Å². The second-order valence-corrected chi connectivity index (χ2v) is 5.65. The monoisotopic (exact) mass is 409 g/mol. The van der Waals surface area contributed by atoms with Gasteiger partial charge in [0.05, 0.1) is 28.4 Å². The van der Waals surface area contributed by atoms with Crippen molar-refractivity contribution < 1.29 is 0 Å². The minimum Gasteiger partial charge on any atom is -0.345 e. The molecule has 152 valence electrons. The van der Waals surface area contributed by atoms with E-state index in [1.165, 1.54) is 19.0 Å². The lowest BCUT2D eigenvalue weighted by Crippen LogP contribution is -1.78. The lowest BCUT2D eigenvalue weighted by atomic mass is 10.3. The molecule has 1 N–H and O–H groups in total. The number of imidazole rings is 1. The van der Waals surface area contributed by atoms with Gasteiger partial charge in [0, 0.05) is 37.2 Å². The molecule has 0 spiro atoms. The maximum absolute atomic E-state index is 4.12. The fourth-order valence-corrected chi connectivity index (χ4v) is 2.25. The first-order chi connectivity index (χ1) is 15.4. The number of fused-ring (bicyclic) bond motifs is 2. The van der Waals surface area contributed by atoms with Gasteiger partial charge in [-0.2, -0.15) is 0 Å². The van der Waals surface area contributed by atoms with Gasteiger partial charge in [0.25, 0.3) is 0 Å². The molecule has 0 aliphatic heterocycles. The van der Waals surface area contributed by atoms with E-state index in [9.17, 15) is 0 Å². The predicted molar refractivity (Wildman–Crippen MR) is 117 cm³/mol. The number of hydrogen-bond donors (Lipinski definition) is 1. The zero-order valence-electron chi connectivity index (χ0n) is 16.5. The molecule has 0 radical (unpaired) electrons. The Bertz CT molecular complexity index is 1060. The van der Waals surface area contributed by atoms with Crippen molar-refractivity contribution >= 4 is 22.1 Å². The number of rotatable bonds is 0. The van der Waals surface area contributed by atoms with Crippen molar-refractivity contribution in [2.45, 2.75) is 0 Å². The molecule has 0 atom stereocenters. The molecule has 6 aromatic rings. The first-order valence-corrected chi connectivity index (χ1v) is 9.22. The number of aromatic amines is 1. The molecule has 0 saturated carbocycles. The summed E-state index contributed by atoms with van der Waals surface area (Å²) in [5.74, 6) is 0. The highest BCUT2D eigenvalue weighted by molar-refractivity contribution is 5.74. The van der Waals surface area contributed by atoms with Crippen LogP contribution in [-0.4, -0.2) is 44.9 Å². The SMILES string of the molecule is c1ccc2[nH]cnc2c1.c1ccc2nccnc2c1.c1cnccn1.c1ncncn1. The minimum atomic E-state index is 0.949. The molecule has 2 aromatic carbocycles. The van der Waals surface area contributed by atoms with Crippen molar-refractivity contribution in [2.75, 3.05) is 0 Å². The average Bonchev–Trinajstić information content (AvgIpc) is 3.37. The summed E-state index contributed by atoms with van der Waals surface area (Å²) in [6, 6.07) is 15.7. The molecular formula is C22H19N9. The molecule has 0 saturated heterocycles. The first-order valence-electron chi connectivity index (χ1n) is 9.22. The van der Waals surface area contributed by atoms with Gasteiger partial charge in [-0.3, -0.25) is 19.9 Å². The number of aromatic nitrogens is 9. The molecule has 31 heavy (non-hydrogen) atoms. The molecule has 0 amide bonds. The van der Waals surface area contributed by atoms with Crippen LogP contribution in [0.2, 0.25) is 0 Å². The fraction of sp³-hybridized carbons (Fsp3) is 0.